The summed E-state index contributed by atoms with van der Waals surface area (Å²) in [6.45, 7) is 7.81. The molecular weight excluding hydrogens is 254 g/mol. The number of nitrogens with one attached hydrogen (secondary N) is 1. The fourth-order valence-corrected chi connectivity index (χ4v) is 1.78. The minimum Gasteiger partial charge on any atom is -0.301 e. The summed E-state index contributed by atoms with van der Waals surface area (Å²) in [6, 6.07) is 6.31. The van der Waals surface area contributed by atoms with E-state index >= 15 is 0 Å². The lowest BCUT2D eigenvalue weighted by atomic mass is 10.1. The summed E-state index contributed by atoms with van der Waals surface area (Å²) in [5.74, 6) is 0.555. The maximum absolute atomic E-state index is 5.31. The molecule has 0 radical (unpaired) electrons. The van der Waals surface area contributed by atoms with Crippen LogP contribution in [-0.2, 0) is 11.4 Å². The van der Waals surface area contributed by atoms with Gasteiger partial charge in [0.1, 0.15) is 0 Å². The van der Waals surface area contributed by atoms with E-state index in [4.69, 9.17) is 4.84 Å². The van der Waals surface area contributed by atoms with Crippen LogP contribution in [0.1, 0.15) is 25.0 Å². The summed E-state index contributed by atoms with van der Waals surface area (Å²) in [6.07, 6.45) is 0. The van der Waals surface area contributed by atoms with Gasteiger partial charge in [-0.25, -0.2) is 0 Å². The van der Waals surface area contributed by atoms with Crippen LogP contribution in [0.4, 0.5) is 0 Å². The summed E-state index contributed by atoms with van der Waals surface area (Å²) in [7, 11) is 0. The average molecular weight is 272 g/mol. The third-order valence-electron chi connectivity index (χ3n) is 1.99. The van der Waals surface area contributed by atoms with Crippen molar-refractivity contribution in [3.63, 3.8) is 0 Å². The number of hydrogen-bond acceptors (Lipinski definition) is 2. The first-order chi connectivity index (χ1) is 7.09. The lowest BCUT2D eigenvalue weighted by Crippen LogP contribution is -2.17. The highest BCUT2D eigenvalue weighted by molar-refractivity contribution is 9.10. The van der Waals surface area contributed by atoms with Crippen LogP contribution < -0.4 is 5.48 Å². The van der Waals surface area contributed by atoms with E-state index in [0.29, 0.717) is 5.92 Å². The third-order valence-corrected chi connectivity index (χ3v) is 2.73. The minimum absolute atomic E-state index is 0.555. The molecule has 1 N–H and O–H groups in total. The fourth-order valence-electron chi connectivity index (χ4n) is 1.15. The zero-order valence-electron chi connectivity index (χ0n) is 9.51. The molecule has 0 aromatic heterocycles. The van der Waals surface area contributed by atoms with E-state index in [2.05, 4.69) is 60.4 Å². The van der Waals surface area contributed by atoms with E-state index in [1.165, 1.54) is 11.1 Å². The molecule has 0 spiro atoms. The van der Waals surface area contributed by atoms with E-state index < -0.39 is 0 Å². The van der Waals surface area contributed by atoms with Crippen molar-refractivity contribution in [3.8, 4) is 0 Å². The Balaban J connectivity index is 2.37. The van der Waals surface area contributed by atoms with Crippen LogP contribution in [0.25, 0.3) is 0 Å². The van der Waals surface area contributed by atoms with E-state index in [1.807, 2.05) is 0 Å². The van der Waals surface area contributed by atoms with Crippen molar-refractivity contribution < 1.29 is 4.84 Å². The van der Waals surface area contributed by atoms with Crippen molar-refractivity contribution in [1.29, 1.82) is 0 Å². The van der Waals surface area contributed by atoms with Crippen LogP contribution >= 0.6 is 15.9 Å². The molecule has 3 heteroatoms. The summed E-state index contributed by atoms with van der Waals surface area (Å²) >= 11 is 3.53. The van der Waals surface area contributed by atoms with Crippen LogP contribution in [0, 0.1) is 12.8 Å². The molecule has 1 rings (SSSR count). The molecule has 2 nitrogen and oxygen atoms in total. The van der Waals surface area contributed by atoms with Crippen molar-refractivity contribution in [2.24, 2.45) is 5.92 Å². The molecule has 0 saturated heterocycles. The zero-order valence-corrected chi connectivity index (χ0v) is 11.1. The summed E-state index contributed by atoms with van der Waals surface area (Å²) in [4.78, 5) is 5.31. The van der Waals surface area contributed by atoms with Gasteiger partial charge < -0.3 is 4.84 Å². The van der Waals surface area contributed by atoms with Gasteiger partial charge in [0.05, 0.1) is 6.61 Å². The molecule has 84 valence electrons. The van der Waals surface area contributed by atoms with Gasteiger partial charge >= 0.3 is 0 Å². The second kappa shape index (κ2) is 6.26. The number of hydrogen-bond donors (Lipinski definition) is 1. The van der Waals surface area contributed by atoms with Crippen molar-refractivity contribution in [1.82, 2.24) is 5.48 Å². The van der Waals surface area contributed by atoms with Gasteiger partial charge in [-0.15, -0.1) is 0 Å². The second-order valence-corrected chi connectivity index (χ2v) is 4.98. The van der Waals surface area contributed by atoms with Crippen molar-refractivity contribution >= 4 is 15.9 Å². The minimum atomic E-state index is 0.555. The Kier molecular flexibility index (Phi) is 5.29. The van der Waals surface area contributed by atoms with Gasteiger partial charge in [-0.1, -0.05) is 41.9 Å². The maximum Gasteiger partial charge on any atom is 0.0705 e. The lowest BCUT2D eigenvalue weighted by Gasteiger charge is -2.09. The fraction of sp³-hybridized carbons (Fsp3) is 0.500. The third kappa shape index (κ3) is 4.78. The van der Waals surface area contributed by atoms with Crippen LogP contribution in [-0.4, -0.2) is 6.61 Å². The van der Waals surface area contributed by atoms with Crippen molar-refractivity contribution in [3.05, 3.63) is 33.8 Å². The topological polar surface area (TPSA) is 21.3 Å². The molecule has 0 bridgehead atoms. The van der Waals surface area contributed by atoms with Crippen molar-refractivity contribution in [2.45, 2.75) is 27.3 Å². The number of hydroxylamine groups is 1. The Morgan fingerprint density at radius 1 is 1.40 bits per heavy atom. The van der Waals surface area contributed by atoms with E-state index in [9.17, 15) is 0 Å². The molecule has 0 atom stereocenters. The first-order valence-corrected chi connectivity index (χ1v) is 5.98. The van der Waals surface area contributed by atoms with Crippen LogP contribution in [0.2, 0.25) is 0 Å². The molecule has 0 aliphatic rings. The average Bonchev–Trinajstić information content (AvgIpc) is 2.14. The van der Waals surface area contributed by atoms with Gasteiger partial charge in [0, 0.05) is 11.0 Å². The van der Waals surface area contributed by atoms with Gasteiger partial charge in [0.15, 0.2) is 0 Å². The number of aryl methyl sites for hydroxylation is 1. The predicted octanol–water partition coefficient (Wildman–Crippen LogP) is 3.43. The van der Waals surface area contributed by atoms with Gasteiger partial charge in [0.25, 0.3) is 0 Å². The summed E-state index contributed by atoms with van der Waals surface area (Å²) in [5.41, 5.74) is 5.43. The molecule has 0 aliphatic carbocycles. The Labute approximate surface area is 100 Å². The van der Waals surface area contributed by atoms with Crippen molar-refractivity contribution in [2.75, 3.05) is 6.61 Å². The van der Waals surface area contributed by atoms with Crippen LogP contribution in [0.5, 0.6) is 0 Å². The molecular formula is C12H18BrNO. The summed E-state index contributed by atoms with van der Waals surface area (Å²) in [5, 5.41) is 0. The Morgan fingerprint density at radius 2 is 2.13 bits per heavy atom. The monoisotopic (exact) mass is 271 g/mol. The Bertz CT molecular complexity index is 312. The first kappa shape index (κ1) is 12.7. The van der Waals surface area contributed by atoms with Gasteiger partial charge in [-0.2, -0.15) is 5.48 Å². The van der Waals surface area contributed by atoms with Crippen LogP contribution in [0.15, 0.2) is 22.7 Å². The molecule has 0 heterocycles. The zero-order chi connectivity index (χ0) is 11.3. The standard InChI is InChI=1S/C12H18BrNO/c1-9(2)8-15-14-7-11-5-4-10(3)6-12(11)13/h4-6,9,14H,7-8H2,1-3H3. The smallest absolute Gasteiger partial charge is 0.0705 e. The number of halogens is 1. The highest BCUT2D eigenvalue weighted by Gasteiger charge is 2.00. The van der Waals surface area contributed by atoms with Crippen LogP contribution in [0.3, 0.4) is 0 Å². The normalized spacial score (nSPS) is 11.0. The van der Waals surface area contributed by atoms with Gasteiger partial charge in [-0.3, -0.25) is 0 Å². The molecule has 0 amide bonds. The summed E-state index contributed by atoms with van der Waals surface area (Å²) < 4.78 is 1.13. The highest BCUT2D eigenvalue weighted by atomic mass is 79.9. The molecule has 1 aromatic rings. The number of rotatable bonds is 5. The molecule has 1 aromatic carbocycles. The predicted molar refractivity (Wildman–Crippen MR) is 66.5 cm³/mol. The Morgan fingerprint density at radius 3 is 2.73 bits per heavy atom. The van der Waals surface area contributed by atoms with Gasteiger partial charge in [-0.05, 0) is 30.0 Å². The highest BCUT2D eigenvalue weighted by Crippen LogP contribution is 2.17. The molecule has 0 saturated carbocycles. The van der Waals surface area contributed by atoms with Gasteiger partial charge in [0.2, 0.25) is 0 Å². The molecule has 0 fully saturated rings. The quantitative estimate of drug-likeness (QED) is 0.655. The Hall–Kier alpha value is -0.380. The van der Waals surface area contributed by atoms with E-state index in [1.54, 1.807) is 0 Å². The first-order valence-electron chi connectivity index (χ1n) is 5.19. The molecule has 15 heavy (non-hydrogen) atoms. The molecule has 0 unspecified atom stereocenters. The second-order valence-electron chi connectivity index (χ2n) is 4.12. The maximum atomic E-state index is 5.31. The van der Waals surface area contributed by atoms with E-state index in [0.717, 1.165) is 17.6 Å². The molecule has 0 aliphatic heterocycles. The lowest BCUT2D eigenvalue weighted by molar-refractivity contribution is 0.0195. The number of benzene rings is 1. The largest absolute Gasteiger partial charge is 0.301 e. The SMILES string of the molecule is Cc1ccc(CNOCC(C)C)c(Br)c1. The van der Waals surface area contributed by atoms with E-state index in [-0.39, 0.29) is 0 Å².